The maximum atomic E-state index is 12.3. The van der Waals surface area contributed by atoms with E-state index in [9.17, 15) is 4.48 Å². The van der Waals surface area contributed by atoms with Crippen LogP contribution in [-0.4, -0.2) is 13.1 Å². The van der Waals surface area contributed by atoms with Crippen LogP contribution in [0.1, 0.15) is 24.3 Å². The van der Waals surface area contributed by atoms with Crippen molar-refractivity contribution >= 4 is 11.4 Å². The van der Waals surface area contributed by atoms with Crippen LogP contribution in [-0.2, 0) is 0 Å². The van der Waals surface area contributed by atoms with E-state index in [-0.39, 0.29) is 0 Å². The Kier molecular flexibility index (Phi) is 3.86. The number of nitrogens with zero attached hydrogens (tertiary/aromatic N) is 1. The summed E-state index contributed by atoms with van der Waals surface area (Å²) < 4.78 is 12.3. The molecule has 0 atom stereocenters. The molecule has 2 aromatic rings. The molecule has 0 unspecified atom stereocenters. The molecule has 0 amide bonds. The lowest BCUT2D eigenvalue weighted by Crippen LogP contribution is -2.32. The molecule has 3 heteroatoms. The number of rotatable bonds is 3. The monoisotopic (exact) mass is 270 g/mol. The van der Waals surface area contributed by atoms with Crippen molar-refractivity contribution in [3.63, 3.8) is 0 Å². The quantitative estimate of drug-likeness (QED) is 0.833. The zero-order valence-corrected chi connectivity index (χ0v) is 11.4. The number of anilines is 2. The number of benzene rings is 2. The molecule has 0 spiro atoms. The smallest absolute Gasteiger partial charge is 0.0657 e. The summed E-state index contributed by atoms with van der Waals surface area (Å²) in [5.41, 5.74) is 4.80. The van der Waals surface area contributed by atoms with E-state index < -0.39 is 0 Å². The van der Waals surface area contributed by atoms with E-state index in [1.807, 2.05) is 12.1 Å². The molecule has 0 saturated carbocycles. The van der Waals surface area contributed by atoms with Gasteiger partial charge >= 0.3 is 0 Å². The first-order valence-electron chi connectivity index (χ1n) is 7.13. The van der Waals surface area contributed by atoms with Crippen LogP contribution in [0.2, 0.25) is 0 Å². The molecule has 1 aliphatic rings. The minimum absolute atomic E-state index is 0.507. The summed E-state index contributed by atoms with van der Waals surface area (Å²) >= 11 is 0. The normalized spacial score (nSPS) is 16.1. The molecule has 0 radical (unpaired) electrons. The molecule has 1 fully saturated rings. The molecule has 1 N–H and O–H groups in total. The van der Waals surface area contributed by atoms with Crippen molar-refractivity contribution in [1.82, 2.24) is 0 Å². The number of hydrogen-bond acceptors (Lipinski definition) is 2. The lowest BCUT2D eigenvalue weighted by molar-refractivity contribution is 0.505. The van der Waals surface area contributed by atoms with E-state index in [4.69, 9.17) is 0 Å². The molecular weight excluding hydrogens is 251 g/mol. The largest absolute Gasteiger partial charge is 0.371 e. The van der Waals surface area contributed by atoms with Gasteiger partial charge in [-0.3, -0.25) is 0 Å². The fraction of sp³-hybridized carbons (Fsp3) is 0.294. The van der Waals surface area contributed by atoms with Crippen molar-refractivity contribution < 1.29 is 4.48 Å². The van der Waals surface area contributed by atoms with Gasteiger partial charge in [0.15, 0.2) is 0 Å². The Bertz CT molecular complexity index is 531. The predicted molar refractivity (Wildman–Crippen MR) is 81.8 cm³/mol. The van der Waals surface area contributed by atoms with Crippen LogP contribution in [0.3, 0.4) is 0 Å². The topological polar surface area (TPSA) is 15.3 Å². The first-order chi connectivity index (χ1) is 9.86. The molecule has 2 nitrogen and oxygen atoms in total. The summed E-state index contributed by atoms with van der Waals surface area (Å²) in [6.07, 6.45) is 2.35. The van der Waals surface area contributed by atoms with E-state index in [0.29, 0.717) is 11.6 Å². The van der Waals surface area contributed by atoms with Gasteiger partial charge in [-0.05, 0) is 48.6 Å². The van der Waals surface area contributed by atoms with Gasteiger partial charge in [0, 0.05) is 18.8 Å². The fourth-order valence-electron chi connectivity index (χ4n) is 2.93. The summed E-state index contributed by atoms with van der Waals surface area (Å²) in [6.45, 7) is 2.12. The second kappa shape index (κ2) is 5.95. The number of hydrogen-bond donors (Lipinski definition) is 1. The molecule has 2 aromatic carbocycles. The summed E-state index contributed by atoms with van der Waals surface area (Å²) in [5.74, 6) is 0.666. The van der Waals surface area contributed by atoms with Crippen molar-refractivity contribution in [2.45, 2.75) is 18.8 Å². The van der Waals surface area contributed by atoms with Crippen LogP contribution in [0.15, 0.2) is 54.6 Å². The van der Waals surface area contributed by atoms with Gasteiger partial charge in [-0.15, -0.1) is 4.48 Å². The lowest BCUT2D eigenvalue weighted by atomic mass is 9.89. The summed E-state index contributed by atoms with van der Waals surface area (Å²) in [7, 11) is 0. The zero-order valence-electron chi connectivity index (χ0n) is 11.4. The van der Waals surface area contributed by atoms with Crippen molar-refractivity contribution in [2.24, 2.45) is 0 Å². The highest BCUT2D eigenvalue weighted by Gasteiger charge is 2.20. The Morgan fingerprint density at radius 2 is 1.55 bits per heavy atom. The summed E-state index contributed by atoms with van der Waals surface area (Å²) in [6, 6.07) is 18.3. The van der Waals surface area contributed by atoms with Crippen molar-refractivity contribution in [3.05, 3.63) is 60.2 Å². The molecular formula is C17H19FN2. The Labute approximate surface area is 119 Å². The van der Waals surface area contributed by atoms with Crippen LogP contribution in [0.4, 0.5) is 15.9 Å². The van der Waals surface area contributed by atoms with Crippen molar-refractivity contribution in [3.8, 4) is 0 Å². The van der Waals surface area contributed by atoms with E-state index in [2.05, 4.69) is 35.2 Å². The molecule has 104 valence electrons. The third-order valence-electron chi connectivity index (χ3n) is 4.11. The van der Waals surface area contributed by atoms with Gasteiger partial charge in [-0.1, -0.05) is 30.3 Å². The van der Waals surface area contributed by atoms with E-state index >= 15 is 0 Å². The van der Waals surface area contributed by atoms with Crippen LogP contribution in [0, 0.1) is 0 Å². The Morgan fingerprint density at radius 3 is 2.15 bits per heavy atom. The van der Waals surface area contributed by atoms with Crippen LogP contribution < -0.4 is 10.4 Å². The van der Waals surface area contributed by atoms with Gasteiger partial charge in [-0.25, -0.2) is 5.54 Å². The third kappa shape index (κ3) is 2.77. The highest BCUT2D eigenvalue weighted by atomic mass is 19.2. The Morgan fingerprint density at radius 1 is 0.900 bits per heavy atom. The first-order valence-corrected chi connectivity index (χ1v) is 7.13. The van der Waals surface area contributed by atoms with Crippen molar-refractivity contribution in [2.75, 3.05) is 23.5 Å². The van der Waals surface area contributed by atoms with Crippen LogP contribution >= 0.6 is 0 Å². The summed E-state index contributed by atoms with van der Waals surface area (Å²) in [4.78, 5) is 2.38. The predicted octanol–water partition coefficient (Wildman–Crippen LogP) is 4.37. The minimum atomic E-state index is 0.507. The maximum Gasteiger partial charge on any atom is 0.0657 e. The average molecular weight is 270 g/mol. The van der Waals surface area contributed by atoms with Gasteiger partial charge in [0.25, 0.3) is 0 Å². The maximum absolute atomic E-state index is 12.3. The first kappa shape index (κ1) is 13.0. The van der Waals surface area contributed by atoms with Gasteiger partial charge in [0.1, 0.15) is 0 Å². The van der Waals surface area contributed by atoms with Gasteiger partial charge < -0.3 is 4.90 Å². The summed E-state index contributed by atoms with van der Waals surface area (Å²) in [5, 5.41) is 0. The number of halogens is 1. The molecule has 1 saturated heterocycles. The molecule has 1 heterocycles. The average Bonchev–Trinajstić information content (AvgIpc) is 2.56. The van der Waals surface area contributed by atoms with Crippen molar-refractivity contribution in [1.29, 1.82) is 0 Å². The molecule has 20 heavy (non-hydrogen) atoms. The van der Waals surface area contributed by atoms with E-state index in [1.165, 1.54) is 24.1 Å². The van der Waals surface area contributed by atoms with Crippen LogP contribution in [0.25, 0.3) is 0 Å². The number of nitrogens with one attached hydrogen (secondary N) is 1. The number of piperidine rings is 1. The van der Waals surface area contributed by atoms with E-state index in [0.717, 1.165) is 13.1 Å². The standard InChI is InChI=1S/C17H19FN2/c18-19-16-6-8-17(9-7-16)20-12-10-15(11-13-20)14-4-2-1-3-5-14/h1-9,15,19H,10-13H2. The molecule has 0 aromatic heterocycles. The van der Waals surface area contributed by atoms with E-state index in [1.54, 1.807) is 17.7 Å². The Balaban J connectivity index is 1.63. The second-order valence-electron chi connectivity index (χ2n) is 5.31. The highest BCUT2D eigenvalue weighted by Crippen LogP contribution is 2.30. The highest BCUT2D eigenvalue weighted by molar-refractivity contribution is 5.54. The van der Waals surface area contributed by atoms with Gasteiger partial charge in [0.05, 0.1) is 5.69 Å². The van der Waals surface area contributed by atoms with Gasteiger partial charge in [0.2, 0.25) is 0 Å². The lowest BCUT2D eigenvalue weighted by Gasteiger charge is -2.34. The second-order valence-corrected chi connectivity index (χ2v) is 5.31. The van der Waals surface area contributed by atoms with Crippen LogP contribution in [0.5, 0.6) is 0 Å². The molecule has 0 aliphatic carbocycles. The van der Waals surface area contributed by atoms with Gasteiger partial charge in [-0.2, -0.15) is 0 Å². The Hall–Kier alpha value is -2.03. The fourth-order valence-corrected chi connectivity index (χ4v) is 2.93. The minimum Gasteiger partial charge on any atom is -0.371 e. The molecule has 1 aliphatic heterocycles. The molecule has 0 bridgehead atoms. The zero-order chi connectivity index (χ0) is 13.8. The molecule has 3 rings (SSSR count). The SMILES string of the molecule is FNc1ccc(N2CCC(c3ccccc3)CC2)cc1. The third-order valence-corrected chi connectivity index (χ3v) is 4.11.